The molecule has 0 spiro atoms. The first kappa shape index (κ1) is 18.3. The zero-order valence-corrected chi connectivity index (χ0v) is 10.7. The predicted octanol–water partition coefficient (Wildman–Crippen LogP) is 0.373. The molecule has 0 saturated heterocycles. The Morgan fingerprint density at radius 1 is 1.06 bits per heavy atom. The molecule has 0 aliphatic carbocycles. The minimum atomic E-state index is -2.47. The smallest absolute Gasteiger partial charge is 0.860 e. The van der Waals surface area contributed by atoms with E-state index >= 15 is 0 Å². The third-order valence-corrected chi connectivity index (χ3v) is 2.21. The molecule has 4 nitrogen and oxygen atoms in total. The fourth-order valence-electron chi connectivity index (χ4n) is 1.39. The van der Waals surface area contributed by atoms with E-state index in [1.165, 1.54) is 25.7 Å². The van der Waals surface area contributed by atoms with Gasteiger partial charge in [0.2, 0.25) is 0 Å². The first-order valence-electron chi connectivity index (χ1n) is 5.68. The Bertz CT molecular complexity index is 167. The number of hydrogen-bond acceptors (Lipinski definition) is 4. The number of carbonyl (C=O) groups is 1. The summed E-state index contributed by atoms with van der Waals surface area (Å²) >= 11 is 0. The molecule has 0 amide bonds. The van der Waals surface area contributed by atoms with E-state index in [1.54, 1.807) is 0 Å². The fraction of sp³-hybridized carbons (Fsp3) is 0.900. The fourth-order valence-corrected chi connectivity index (χ4v) is 1.39. The van der Waals surface area contributed by atoms with E-state index in [1.807, 2.05) is 0 Å². The van der Waals surface area contributed by atoms with Crippen LogP contribution in [0.1, 0.15) is 58.3 Å². The van der Waals surface area contributed by atoms with Crippen molar-refractivity contribution in [1.82, 2.24) is 0 Å². The van der Waals surface area contributed by atoms with Gasteiger partial charge >= 0.3 is 16.8 Å². The minimum Gasteiger partial charge on any atom is -0.860 e. The van der Waals surface area contributed by atoms with Gasteiger partial charge < -0.3 is 14.7 Å². The summed E-state index contributed by atoms with van der Waals surface area (Å²) in [4.78, 5) is 10.8. The Hall–Kier alpha value is -0.0386. The molecule has 16 heavy (non-hydrogen) atoms. The van der Waals surface area contributed by atoms with Crippen LogP contribution in [0, 0.1) is 0 Å². The zero-order chi connectivity index (χ0) is 11.5. The maximum Gasteiger partial charge on any atom is 2.00 e. The van der Waals surface area contributed by atoms with Crippen molar-refractivity contribution in [2.75, 3.05) is 0 Å². The van der Waals surface area contributed by atoms with E-state index in [-0.39, 0.29) is 23.2 Å². The molecule has 0 N–H and O–H groups in total. The summed E-state index contributed by atoms with van der Waals surface area (Å²) in [6, 6.07) is 0. The minimum absolute atomic E-state index is 0. The molecule has 0 bridgehead atoms. The number of hydrogen-bond donors (Lipinski definition) is 0. The molecule has 0 unspecified atom stereocenters. The maximum absolute atomic E-state index is 10.8. The molecule has 0 fully saturated rings. The predicted molar refractivity (Wildman–Crippen MR) is 54.5 cm³/mol. The van der Waals surface area contributed by atoms with Crippen molar-refractivity contribution in [2.24, 2.45) is 0 Å². The molecule has 0 saturated carbocycles. The first-order valence-corrected chi connectivity index (χ1v) is 5.68. The van der Waals surface area contributed by atoms with Gasteiger partial charge in [-0.1, -0.05) is 45.4 Å². The summed E-state index contributed by atoms with van der Waals surface area (Å²) in [5.74, 6) is -0.668. The first-order chi connectivity index (χ1) is 7.16. The molecule has 1 radical (unpaired) electrons. The van der Waals surface area contributed by atoms with Crippen LogP contribution in [0.3, 0.4) is 0 Å². The molecule has 0 aromatic heterocycles. The molecule has 6 heteroatoms. The second-order valence-corrected chi connectivity index (χ2v) is 3.65. The zero-order valence-electron chi connectivity index (χ0n) is 9.70. The molecule has 0 aromatic rings. The molecule has 0 aromatic carbocycles. The molecular formula is C10H19BCoO4. The molecule has 0 aliphatic rings. The largest absolute Gasteiger partial charge is 2.00 e. The molecule has 0 aliphatic heterocycles. The van der Waals surface area contributed by atoms with Crippen LogP contribution in [0.15, 0.2) is 0 Å². The summed E-state index contributed by atoms with van der Waals surface area (Å²) in [7, 11) is -2.47. The standard InChI is InChI=1S/C10H19BO4.Co/c1-2-3-4-5-6-7-8-9-10(12)15-11(13)14;/h2-9H2,1H3;/q-2;+2. The molecule has 0 heterocycles. The average Bonchev–Trinajstić information content (AvgIpc) is 2.15. The Labute approximate surface area is 108 Å². The molecule has 0 atom stereocenters. The summed E-state index contributed by atoms with van der Waals surface area (Å²) in [6.07, 6.45) is 7.87. The van der Waals surface area contributed by atoms with Gasteiger partial charge in [0.1, 0.15) is 7.32 Å². The van der Waals surface area contributed by atoms with E-state index in [0.29, 0.717) is 6.42 Å². The van der Waals surface area contributed by atoms with Crippen molar-refractivity contribution in [1.29, 1.82) is 0 Å². The average molecular weight is 273 g/mol. The van der Waals surface area contributed by atoms with Gasteiger partial charge in [-0.15, -0.1) is 0 Å². The van der Waals surface area contributed by atoms with E-state index in [0.717, 1.165) is 12.8 Å². The van der Waals surface area contributed by atoms with Gasteiger partial charge in [0, 0.05) is 6.42 Å². The van der Waals surface area contributed by atoms with Crippen molar-refractivity contribution >= 4 is 13.3 Å². The Morgan fingerprint density at radius 2 is 1.56 bits per heavy atom. The van der Waals surface area contributed by atoms with Gasteiger partial charge in [0.15, 0.2) is 0 Å². The van der Waals surface area contributed by atoms with Gasteiger partial charge in [-0.05, 0) is 6.42 Å². The van der Waals surface area contributed by atoms with Gasteiger partial charge in [-0.2, -0.15) is 0 Å². The Balaban J connectivity index is 0. The quantitative estimate of drug-likeness (QED) is 0.449. The normalized spacial score (nSPS) is 9.44. The van der Waals surface area contributed by atoms with Crippen molar-refractivity contribution < 1.29 is 36.3 Å². The van der Waals surface area contributed by atoms with Crippen molar-refractivity contribution in [2.45, 2.75) is 58.3 Å². The second-order valence-electron chi connectivity index (χ2n) is 3.65. The van der Waals surface area contributed by atoms with E-state index < -0.39 is 13.3 Å². The number of carbonyl (C=O) groups excluding carboxylic acids is 1. The summed E-state index contributed by atoms with van der Waals surface area (Å²) < 4.78 is 3.95. The van der Waals surface area contributed by atoms with Crippen molar-refractivity contribution in [3.63, 3.8) is 0 Å². The Kier molecular flexibility index (Phi) is 14.9. The van der Waals surface area contributed by atoms with Crippen LogP contribution in [0.5, 0.6) is 0 Å². The Morgan fingerprint density at radius 3 is 2.06 bits per heavy atom. The van der Waals surface area contributed by atoms with Gasteiger partial charge in [0.25, 0.3) is 5.97 Å². The van der Waals surface area contributed by atoms with Crippen LogP contribution >= 0.6 is 0 Å². The van der Waals surface area contributed by atoms with Crippen LogP contribution in [0.25, 0.3) is 0 Å². The summed E-state index contributed by atoms with van der Waals surface area (Å²) in [5, 5.41) is 19.9. The van der Waals surface area contributed by atoms with E-state index in [4.69, 9.17) is 0 Å². The third kappa shape index (κ3) is 14.0. The van der Waals surface area contributed by atoms with Crippen molar-refractivity contribution in [3.05, 3.63) is 0 Å². The SMILES string of the molecule is CCCCCCCCCC(=O)OB([O-])[O-].[Co+2]. The van der Waals surface area contributed by atoms with Crippen LogP contribution in [-0.2, 0) is 26.2 Å². The summed E-state index contributed by atoms with van der Waals surface area (Å²) in [5.41, 5.74) is 0. The second kappa shape index (κ2) is 13.0. The molecular weight excluding hydrogens is 254 g/mol. The number of unbranched alkanes of at least 4 members (excludes halogenated alkanes) is 6. The number of rotatable bonds is 9. The molecule has 0 rings (SSSR count). The van der Waals surface area contributed by atoms with Gasteiger partial charge in [-0.25, -0.2) is 0 Å². The van der Waals surface area contributed by atoms with Crippen LogP contribution in [-0.4, -0.2) is 13.3 Å². The van der Waals surface area contributed by atoms with Crippen LogP contribution in [0.2, 0.25) is 0 Å². The van der Waals surface area contributed by atoms with E-state index in [2.05, 4.69) is 11.6 Å². The topological polar surface area (TPSA) is 72.4 Å². The summed E-state index contributed by atoms with van der Waals surface area (Å²) in [6.45, 7) is 2.16. The molecule has 95 valence electrons. The van der Waals surface area contributed by atoms with Crippen LogP contribution in [0.4, 0.5) is 0 Å². The van der Waals surface area contributed by atoms with Gasteiger partial charge in [0.05, 0.1) is 0 Å². The van der Waals surface area contributed by atoms with Gasteiger partial charge in [-0.3, -0.25) is 4.79 Å². The van der Waals surface area contributed by atoms with Crippen LogP contribution < -0.4 is 10.0 Å². The monoisotopic (exact) mass is 273 g/mol. The maximum atomic E-state index is 10.8. The third-order valence-electron chi connectivity index (χ3n) is 2.21. The van der Waals surface area contributed by atoms with E-state index in [9.17, 15) is 14.8 Å². The van der Waals surface area contributed by atoms with Crippen molar-refractivity contribution in [3.8, 4) is 0 Å².